The van der Waals surface area contributed by atoms with Gasteiger partial charge >= 0.3 is 5.97 Å². The number of rotatable bonds is 3. The van der Waals surface area contributed by atoms with Gasteiger partial charge in [0.2, 0.25) is 0 Å². The number of ether oxygens (including phenoxy) is 1. The Balaban J connectivity index is 2.70. The third kappa shape index (κ3) is 3.63. The van der Waals surface area contributed by atoms with Crippen LogP contribution in [-0.2, 0) is 9.53 Å². The fourth-order valence-electron chi connectivity index (χ4n) is 1.99. The lowest BCUT2D eigenvalue weighted by molar-refractivity contribution is -0.138. The first-order chi connectivity index (χ1) is 7.19. The van der Waals surface area contributed by atoms with E-state index in [9.17, 15) is 4.79 Å². The first-order valence-corrected chi connectivity index (χ1v) is 6.62. The first-order valence-electron chi connectivity index (χ1n) is 5.71. The van der Waals surface area contributed by atoms with E-state index in [1.165, 1.54) is 5.57 Å². The largest absolute Gasteiger partial charge is 0.463 e. The third-order valence-corrected chi connectivity index (χ3v) is 3.74. The van der Waals surface area contributed by atoms with Crippen LogP contribution in [0.5, 0.6) is 0 Å². The number of carbonyl (C=O) groups excluding carboxylic acids is 1. The van der Waals surface area contributed by atoms with Gasteiger partial charge in [-0.15, -0.1) is 0 Å². The minimum Gasteiger partial charge on any atom is -0.463 e. The van der Waals surface area contributed by atoms with Gasteiger partial charge in [-0.05, 0) is 39.0 Å². The van der Waals surface area contributed by atoms with Crippen molar-refractivity contribution in [2.24, 2.45) is 0 Å². The van der Waals surface area contributed by atoms with E-state index in [4.69, 9.17) is 4.74 Å². The van der Waals surface area contributed by atoms with Gasteiger partial charge in [-0.25, -0.2) is 4.79 Å². The zero-order valence-corrected chi connectivity index (χ0v) is 11.1. The van der Waals surface area contributed by atoms with Crippen LogP contribution in [-0.4, -0.2) is 17.4 Å². The summed E-state index contributed by atoms with van der Waals surface area (Å²) in [4.78, 5) is 12.3. The Hall–Kier alpha value is -0.310. The van der Waals surface area contributed by atoms with Crippen molar-refractivity contribution in [3.05, 3.63) is 11.1 Å². The summed E-state index contributed by atoms with van der Waals surface area (Å²) in [6.45, 7) is 4.35. The van der Waals surface area contributed by atoms with Crippen molar-refractivity contribution in [2.75, 3.05) is 6.61 Å². The summed E-state index contributed by atoms with van der Waals surface area (Å²) >= 11 is 3.62. The molecule has 1 rings (SSSR count). The zero-order valence-electron chi connectivity index (χ0n) is 9.51. The van der Waals surface area contributed by atoms with Gasteiger partial charge in [0, 0.05) is 10.4 Å². The fraction of sp³-hybridized carbons (Fsp3) is 0.750. The van der Waals surface area contributed by atoms with E-state index in [0.717, 1.165) is 37.7 Å². The molecule has 0 atom stereocenters. The van der Waals surface area contributed by atoms with Gasteiger partial charge in [0.05, 0.1) is 6.61 Å². The van der Waals surface area contributed by atoms with Crippen molar-refractivity contribution in [1.82, 2.24) is 0 Å². The van der Waals surface area contributed by atoms with Crippen LogP contribution in [0.4, 0.5) is 0 Å². The number of esters is 1. The zero-order chi connectivity index (χ0) is 11.3. The monoisotopic (exact) mass is 274 g/mol. The maximum absolute atomic E-state index is 11.7. The molecule has 0 unspecified atom stereocenters. The van der Waals surface area contributed by atoms with Gasteiger partial charge in [0.25, 0.3) is 0 Å². The molecule has 0 aromatic heterocycles. The Morgan fingerprint density at radius 1 is 1.40 bits per heavy atom. The van der Waals surface area contributed by atoms with Gasteiger partial charge in [0.15, 0.2) is 0 Å². The Morgan fingerprint density at radius 3 is 2.47 bits per heavy atom. The Morgan fingerprint density at radius 2 is 2.00 bits per heavy atom. The molecule has 0 radical (unpaired) electrons. The van der Waals surface area contributed by atoms with Crippen LogP contribution < -0.4 is 0 Å². The van der Waals surface area contributed by atoms with Crippen LogP contribution in [0.1, 0.15) is 46.0 Å². The SMILES string of the molecule is CCOC(=O)C(CC)=C1CCC(Br)CC1. The molecule has 1 fully saturated rings. The van der Waals surface area contributed by atoms with E-state index in [2.05, 4.69) is 15.9 Å². The van der Waals surface area contributed by atoms with Crippen LogP contribution in [0.15, 0.2) is 11.1 Å². The van der Waals surface area contributed by atoms with E-state index in [-0.39, 0.29) is 5.97 Å². The van der Waals surface area contributed by atoms with E-state index >= 15 is 0 Å². The lowest BCUT2D eigenvalue weighted by atomic mass is 9.90. The second kappa shape index (κ2) is 6.31. The molecule has 0 spiro atoms. The highest BCUT2D eigenvalue weighted by Gasteiger charge is 2.20. The molecule has 0 heterocycles. The minimum absolute atomic E-state index is 0.108. The molecule has 0 saturated heterocycles. The highest BCUT2D eigenvalue weighted by atomic mass is 79.9. The first kappa shape index (κ1) is 12.8. The van der Waals surface area contributed by atoms with E-state index in [1.807, 2.05) is 13.8 Å². The summed E-state index contributed by atoms with van der Waals surface area (Å²) in [5.41, 5.74) is 2.22. The summed E-state index contributed by atoms with van der Waals surface area (Å²) in [5, 5.41) is 0. The summed E-state index contributed by atoms with van der Waals surface area (Å²) in [5.74, 6) is -0.108. The van der Waals surface area contributed by atoms with Crippen molar-refractivity contribution in [3.63, 3.8) is 0 Å². The molecule has 0 N–H and O–H groups in total. The molecule has 0 aromatic carbocycles. The molecule has 1 saturated carbocycles. The minimum atomic E-state index is -0.108. The summed E-state index contributed by atoms with van der Waals surface area (Å²) in [6, 6.07) is 0. The van der Waals surface area contributed by atoms with Crippen LogP contribution >= 0.6 is 15.9 Å². The number of alkyl halides is 1. The highest BCUT2D eigenvalue weighted by Crippen LogP contribution is 2.31. The van der Waals surface area contributed by atoms with Crippen molar-refractivity contribution < 1.29 is 9.53 Å². The molecule has 0 bridgehead atoms. The quantitative estimate of drug-likeness (QED) is 0.447. The second-order valence-corrected chi connectivity index (χ2v) is 5.13. The van der Waals surface area contributed by atoms with Crippen molar-refractivity contribution in [1.29, 1.82) is 0 Å². The summed E-state index contributed by atoms with van der Waals surface area (Å²) < 4.78 is 5.07. The van der Waals surface area contributed by atoms with Crippen molar-refractivity contribution in [2.45, 2.75) is 50.8 Å². The molecule has 0 aromatic rings. The molecule has 0 amide bonds. The topological polar surface area (TPSA) is 26.3 Å². The molecule has 15 heavy (non-hydrogen) atoms. The van der Waals surface area contributed by atoms with Crippen LogP contribution in [0.25, 0.3) is 0 Å². The number of carbonyl (C=O) groups is 1. The highest BCUT2D eigenvalue weighted by molar-refractivity contribution is 9.09. The Labute approximate surface area is 100 Å². The Kier molecular flexibility index (Phi) is 5.37. The summed E-state index contributed by atoms with van der Waals surface area (Å²) in [7, 11) is 0. The van der Waals surface area contributed by atoms with Gasteiger partial charge < -0.3 is 4.74 Å². The van der Waals surface area contributed by atoms with Gasteiger partial charge in [-0.3, -0.25) is 0 Å². The lowest BCUT2D eigenvalue weighted by Crippen LogP contribution is -2.14. The van der Waals surface area contributed by atoms with Crippen LogP contribution in [0.2, 0.25) is 0 Å². The molecular weight excluding hydrogens is 256 g/mol. The number of hydrogen-bond donors (Lipinski definition) is 0. The number of allylic oxidation sites excluding steroid dienone is 1. The average Bonchev–Trinajstić information content (AvgIpc) is 2.22. The van der Waals surface area contributed by atoms with Crippen LogP contribution in [0.3, 0.4) is 0 Å². The lowest BCUT2D eigenvalue weighted by Gasteiger charge is -2.21. The predicted octanol–water partition coefficient (Wildman–Crippen LogP) is 3.59. The molecule has 3 heteroatoms. The fourth-order valence-corrected chi connectivity index (χ4v) is 2.45. The van der Waals surface area contributed by atoms with Crippen molar-refractivity contribution in [3.8, 4) is 0 Å². The molecule has 86 valence electrons. The molecular formula is C12H19BrO2. The Bertz CT molecular complexity index is 248. The normalized spacial score (nSPS) is 21.3. The van der Waals surface area contributed by atoms with Gasteiger partial charge in [-0.2, -0.15) is 0 Å². The van der Waals surface area contributed by atoms with Gasteiger partial charge in [0.1, 0.15) is 0 Å². The third-order valence-electron chi connectivity index (χ3n) is 2.82. The smallest absolute Gasteiger partial charge is 0.333 e. The number of halogens is 1. The van der Waals surface area contributed by atoms with E-state index in [1.54, 1.807) is 0 Å². The van der Waals surface area contributed by atoms with Gasteiger partial charge in [-0.1, -0.05) is 28.4 Å². The molecule has 2 nitrogen and oxygen atoms in total. The number of hydrogen-bond acceptors (Lipinski definition) is 2. The standard InChI is InChI=1S/C12H19BrO2/c1-3-11(12(14)15-4-2)9-5-7-10(13)8-6-9/h10H,3-8H2,1-2H3. The van der Waals surface area contributed by atoms with E-state index < -0.39 is 0 Å². The van der Waals surface area contributed by atoms with E-state index in [0.29, 0.717) is 11.4 Å². The van der Waals surface area contributed by atoms with Crippen molar-refractivity contribution >= 4 is 21.9 Å². The summed E-state index contributed by atoms with van der Waals surface area (Å²) in [6.07, 6.45) is 5.15. The second-order valence-electron chi connectivity index (χ2n) is 3.83. The maximum atomic E-state index is 11.7. The average molecular weight is 275 g/mol. The predicted molar refractivity (Wildman–Crippen MR) is 65.1 cm³/mol. The van der Waals surface area contributed by atoms with Crippen LogP contribution in [0, 0.1) is 0 Å². The molecule has 1 aliphatic carbocycles. The molecule has 0 aliphatic heterocycles. The maximum Gasteiger partial charge on any atom is 0.333 e. The molecule has 1 aliphatic rings.